The highest BCUT2D eigenvalue weighted by molar-refractivity contribution is 5.29. The number of likely N-dealkylation sites (tertiary alicyclic amines) is 2. The lowest BCUT2D eigenvalue weighted by molar-refractivity contribution is 0.0847. The van der Waals surface area contributed by atoms with Crippen molar-refractivity contribution in [3.63, 3.8) is 0 Å². The summed E-state index contributed by atoms with van der Waals surface area (Å²) in [6.07, 6.45) is 3.60. The summed E-state index contributed by atoms with van der Waals surface area (Å²) in [7, 11) is 3.30. The number of nitrogens with zero attached hydrogens (tertiary/aromatic N) is 2. The molecule has 1 spiro atoms. The van der Waals surface area contributed by atoms with Crippen molar-refractivity contribution in [3.05, 3.63) is 53.2 Å². The molecular weight excluding hydrogens is 371 g/mol. The van der Waals surface area contributed by atoms with Gasteiger partial charge in [0.05, 0.1) is 13.7 Å². The van der Waals surface area contributed by atoms with Gasteiger partial charge in [-0.15, -0.1) is 0 Å². The Labute approximate surface area is 172 Å². The van der Waals surface area contributed by atoms with E-state index in [4.69, 9.17) is 13.9 Å². The summed E-state index contributed by atoms with van der Waals surface area (Å²) < 4.78 is 30.6. The molecule has 2 aliphatic heterocycles. The summed E-state index contributed by atoms with van der Waals surface area (Å²) in [6, 6.07) is 9.06. The molecule has 2 saturated heterocycles. The number of ether oxygens (including phenoxy) is 2. The fourth-order valence-electron chi connectivity index (χ4n) is 4.93. The number of halogens is 1. The molecule has 6 heteroatoms. The maximum atomic E-state index is 14.3. The van der Waals surface area contributed by atoms with Gasteiger partial charge >= 0.3 is 0 Å². The molecule has 0 saturated carbocycles. The summed E-state index contributed by atoms with van der Waals surface area (Å²) >= 11 is 0. The van der Waals surface area contributed by atoms with Crippen LogP contribution in [0.5, 0.6) is 5.75 Å². The Morgan fingerprint density at radius 1 is 1.00 bits per heavy atom. The second kappa shape index (κ2) is 8.86. The lowest BCUT2D eigenvalue weighted by Crippen LogP contribution is -2.44. The first-order chi connectivity index (χ1) is 14.1. The molecule has 0 aliphatic carbocycles. The highest BCUT2D eigenvalue weighted by atomic mass is 19.1. The van der Waals surface area contributed by atoms with E-state index in [0.29, 0.717) is 24.3 Å². The Morgan fingerprint density at radius 2 is 1.79 bits per heavy atom. The maximum absolute atomic E-state index is 14.3. The van der Waals surface area contributed by atoms with E-state index in [1.807, 2.05) is 12.1 Å². The highest BCUT2D eigenvalue weighted by Crippen LogP contribution is 2.40. The molecule has 0 amide bonds. The third kappa shape index (κ3) is 4.82. The van der Waals surface area contributed by atoms with Crippen LogP contribution in [0.4, 0.5) is 4.39 Å². The van der Waals surface area contributed by atoms with E-state index in [1.165, 1.54) is 18.9 Å². The van der Waals surface area contributed by atoms with Crippen LogP contribution < -0.4 is 4.74 Å². The van der Waals surface area contributed by atoms with Gasteiger partial charge in [-0.05, 0) is 68.1 Å². The van der Waals surface area contributed by atoms with Gasteiger partial charge in [-0.25, -0.2) is 4.39 Å². The van der Waals surface area contributed by atoms with Crippen molar-refractivity contribution in [2.24, 2.45) is 5.41 Å². The van der Waals surface area contributed by atoms with Crippen molar-refractivity contribution in [1.29, 1.82) is 0 Å². The van der Waals surface area contributed by atoms with Crippen molar-refractivity contribution in [2.75, 3.05) is 40.4 Å². The van der Waals surface area contributed by atoms with E-state index >= 15 is 0 Å². The molecule has 2 aromatic rings. The first-order valence-corrected chi connectivity index (χ1v) is 10.4. The normalized spacial score (nSPS) is 23.1. The predicted octanol–water partition coefficient (Wildman–Crippen LogP) is 4.06. The van der Waals surface area contributed by atoms with Crippen LogP contribution in [0.1, 0.15) is 36.3 Å². The second-order valence-corrected chi connectivity index (χ2v) is 8.53. The lowest BCUT2D eigenvalue weighted by atomic mass is 9.79. The van der Waals surface area contributed by atoms with Gasteiger partial charge in [0.15, 0.2) is 0 Å². The van der Waals surface area contributed by atoms with Crippen LogP contribution >= 0.6 is 0 Å². The molecular formula is C23H31FN2O3. The van der Waals surface area contributed by atoms with Gasteiger partial charge in [0.2, 0.25) is 0 Å². The number of furan rings is 1. The lowest BCUT2D eigenvalue weighted by Gasteiger charge is -2.40. The summed E-state index contributed by atoms with van der Waals surface area (Å²) in [5, 5.41) is 0. The molecule has 1 atom stereocenters. The molecule has 3 heterocycles. The van der Waals surface area contributed by atoms with Crippen LogP contribution in [0.3, 0.4) is 0 Å². The Balaban J connectivity index is 1.36. The van der Waals surface area contributed by atoms with Crippen LogP contribution in [0.25, 0.3) is 0 Å². The van der Waals surface area contributed by atoms with E-state index in [2.05, 4.69) is 15.9 Å². The SMILES string of the molecule is COCc1ccc(CN2CCC3(CCCN(Cc4cc(OC)ccc4F)C3)C2)o1. The fourth-order valence-corrected chi connectivity index (χ4v) is 4.93. The van der Waals surface area contributed by atoms with Gasteiger partial charge in [-0.2, -0.15) is 0 Å². The monoisotopic (exact) mass is 402 g/mol. The average Bonchev–Trinajstić information content (AvgIpc) is 3.31. The van der Waals surface area contributed by atoms with Crippen molar-refractivity contribution < 1.29 is 18.3 Å². The standard InChI is InChI=1S/C23H31FN2O3/c1-27-15-21-5-4-20(29-21)14-26-11-9-23(17-26)8-3-10-25(16-23)13-18-12-19(28-2)6-7-22(18)24/h4-7,12H,3,8-11,13-17H2,1-2H3. The van der Waals surface area contributed by atoms with E-state index in [9.17, 15) is 4.39 Å². The van der Waals surface area contributed by atoms with Crippen LogP contribution in [0.15, 0.2) is 34.7 Å². The number of rotatable bonds is 7. The van der Waals surface area contributed by atoms with Gasteiger partial charge in [0.1, 0.15) is 29.7 Å². The summed E-state index contributed by atoms with van der Waals surface area (Å²) in [5.41, 5.74) is 1.02. The van der Waals surface area contributed by atoms with E-state index < -0.39 is 0 Å². The van der Waals surface area contributed by atoms with E-state index in [1.54, 1.807) is 20.3 Å². The minimum atomic E-state index is -0.150. The zero-order valence-corrected chi connectivity index (χ0v) is 17.5. The van der Waals surface area contributed by atoms with Crippen LogP contribution in [-0.2, 0) is 24.4 Å². The van der Waals surface area contributed by atoms with Crippen molar-refractivity contribution >= 4 is 0 Å². The number of methoxy groups -OCH3 is 2. The number of hydrogen-bond acceptors (Lipinski definition) is 5. The fraction of sp³-hybridized carbons (Fsp3) is 0.565. The topological polar surface area (TPSA) is 38.1 Å². The van der Waals surface area contributed by atoms with Gasteiger partial charge in [-0.1, -0.05) is 0 Å². The van der Waals surface area contributed by atoms with Crippen LogP contribution in [0.2, 0.25) is 0 Å². The van der Waals surface area contributed by atoms with Crippen molar-refractivity contribution in [1.82, 2.24) is 9.80 Å². The molecule has 2 fully saturated rings. The minimum absolute atomic E-state index is 0.150. The third-order valence-corrected chi connectivity index (χ3v) is 6.29. The molecule has 0 bridgehead atoms. The van der Waals surface area contributed by atoms with Gasteiger partial charge in [-0.3, -0.25) is 9.80 Å². The zero-order valence-electron chi connectivity index (χ0n) is 17.5. The molecule has 0 N–H and O–H groups in total. The molecule has 29 heavy (non-hydrogen) atoms. The zero-order chi connectivity index (χ0) is 20.3. The number of piperidine rings is 1. The first kappa shape index (κ1) is 20.4. The van der Waals surface area contributed by atoms with E-state index in [0.717, 1.165) is 56.2 Å². The molecule has 2 aliphatic rings. The summed E-state index contributed by atoms with van der Waals surface area (Å²) in [5.74, 6) is 2.44. The molecule has 5 nitrogen and oxygen atoms in total. The van der Waals surface area contributed by atoms with Crippen LogP contribution in [0, 0.1) is 11.2 Å². The minimum Gasteiger partial charge on any atom is -0.497 e. The summed E-state index contributed by atoms with van der Waals surface area (Å²) in [6.45, 7) is 6.20. The van der Waals surface area contributed by atoms with Crippen molar-refractivity contribution in [2.45, 2.75) is 39.0 Å². The predicted molar refractivity (Wildman–Crippen MR) is 109 cm³/mol. The smallest absolute Gasteiger partial charge is 0.129 e. The van der Waals surface area contributed by atoms with Gasteiger partial charge in [0, 0.05) is 32.3 Å². The Bertz CT molecular complexity index is 824. The number of hydrogen-bond donors (Lipinski definition) is 0. The molecule has 1 aromatic heterocycles. The Kier molecular flexibility index (Phi) is 6.23. The average molecular weight is 403 g/mol. The molecule has 158 valence electrons. The second-order valence-electron chi connectivity index (χ2n) is 8.53. The first-order valence-electron chi connectivity index (χ1n) is 10.4. The molecule has 0 radical (unpaired) electrons. The third-order valence-electron chi connectivity index (χ3n) is 6.29. The quantitative estimate of drug-likeness (QED) is 0.698. The van der Waals surface area contributed by atoms with Gasteiger partial charge < -0.3 is 13.9 Å². The number of benzene rings is 1. The molecule has 1 aromatic carbocycles. The Hall–Kier alpha value is -1.89. The highest BCUT2D eigenvalue weighted by Gasteiger charge is 2.41. The maximum Gasteiger partial charge on any atom is 0.129 e. The van der Waals surface area contributed by atoms with Crippen molar-refractivity contribution in [3.8, 4) is 5.75 Å². The largest absolute Gasteiger partial charge is 0.497 e. The van der Waals surface area contributed by atoms with Crippen LogP contribution in [-0.4, -0.2) is 50.2 Å². The summed E-state index contributed by atoms with van der Waals surface area (Å²) in [4.78, 5) is 4.90. The van der Waals surface area contributed by atoms with Gasteiger partial charge in [0.25, 0.3) is 0 Å². The van der Waals surface area contributed by atoms with E-state index in [-0.39, 0.29) is 5.82 Å². The Morgan fingerprint density at radius 3 is 2.59 bits per heavy atom. The molecule has 4 rings (SSSR count). The molecule has 1 unspecified atom stereocenters.